The van der Waals surface area contributed by atoms with Gasteiger partial charge in [0.25, 0.3) is 5.91 Å². The number of benzene rings is 4. The number of rotatable bonds is 11. The zero-order chi connectivity index (χ0) is 31.9. The molecule has 0 aliphatic carbocycles. The molecule has 1 aromatic heterocycles. The van der Waals surface area contributed by atoms with Gasteiger partial charge in [0.2, 0.25) is 0 Å². The molecule has 0 saturated carbocycles. The summed E-state index contributed by atoms with van der Waals surface area (Å²) < 4.78 is 13.1. The van der Waals surface area contributed by atoms with Gasteiger partial charge in [0.1, 0.15) is 5.69 Å². The fourth-order valence-electron chi connectivity index (χ4n) is 5.61. The number of carbonyl (C=O) groups is 1. The molecule has 4 aromatic carbocycles. The van der Waals surface area contributed by atoms with Gasteiger partial charge in [-0.1, -0.05) is 85.8 Å². The summed E-state index contributed by atoms with van der Waals surface area (Å²) in [5.41, 5.74) is 7.57. The predicted molar refractivity (Wildman–Crippen MR) is 180 cm³/mol. The van der Waals surface area contributed by atoms with Crippen LogP contribution in [0.3, 0.4) is 0 Å². The number of hydrogen-bond donors (Lipinski definition) is 3. The molecule has 1 fully saturated rings. The molecule has 9 heteroatoms. The third-order valence-corrected chi connectivity index (χ3v) is 9.25. The van der Waals surface area contributed by atoms with Crippen LogP contribution >= 0.6 is 11.8 Å². The van der Waals surface area contributed by atoms with Gasteiger partial charge in [-0.25, -0.2) is 4.98 Å². The summed E-state index contributed by atoms with van der Waals surface area (Å²) >= 11 is 1.67. The Hall–Kier alpha value is -4.12. The van der Waals surface area contributed by atoms with Gasteiger partial charge >= 0.3 is 0 Å². The number of hydrogen-bond acceptors (Lipinski definition) is 8. The van der Waals surface area contributed by atoms with E-state index >= 15 is 0 Å². The van der Waals surface area contributed by atoms with Crippen molar-refractivity contribution < 1.29 is 24.5 Å². The van der Waals surface area contributed by atoms with Gasteiger partial charge in [-0.3, -0.25) is 9.78 Å². The van der Waals surface area contributed by atoms with Crippen LogP contribution in [0.4, 0.5) is 0 Å². The Balaban J connectivity index is 1.14. The van der Waals surface area contributed by atoms with Crippen LogP contribution in [0.15, 0.2) is 103 Å². The fourth-order valence-corrected chi connectivity index (χ4v) is 6.52. The summed E-state index contributed by atoms with van der Waals surface area (Å²) in [7, 11) is 0. The van der Waals surface area contributed by atoms with Gasteiger partial charge in [-0.2, -0.15) is 11.8 Å². The maximum atomic E-state index is 12.8. The van der Waals surface area contributed by atoms with E-state index in [2.05, 4.69) is 40.4 Å². The molecule has 1 amide bonds. The Bertz CT molecular complexity index is 1770. The number of nitrogens with zero attached hydrogens (tertiary/aromatic N) is 2. The van der Waals surface area contributed by atoms with E-state index in [4.69, 9.17) is 9.47 Å². The molecule has 1 saturated heterocycles. The lowest BCUT2D eigenvalue weighted by Gasteiger charge is -2.41. The van der Waals surface area contributed by atoms with Crippen LogP contribution < -0.4 is 5.32 Å². The SMILES string of the molecule is C[C@@H]1[C@H](CSCCO)O[C@H](c2ccc(-c3cccc(CNC(=O)c4cnc5ccccc5n4)c3)cc2)O[C@@H]1c1ccc(CO)cc1. The van der Waals surface area contributed by atoms with Gasteiger partial charge in [0.05, 0.1) is 42.7 Å². The number of nitrogens with one attached hydrogen (secondary N) is 1. The van der Waals surface area contributed by atoms with E-state index in [1.807, 2.05) is 78.9 Å². The monoisotopic (exact) mass is 635 g/mol. The first kappa shape index (κ1) is 31.8. The summed E-state index contributed by atoms with van der Waals surface area (Å²) in [5.74, 6) is 1.23. The number of aliphatic hydroxyl groups excluding tert-OH is 2. The molecule has 0 radical (unpaired) electrons. The predicted octanol–water partition coefficient (Wildman–Crippen LogP) is 6.24. The van der Waals surface area contributed by atoms with Crippen molar-refractivity contribution in [3.63, 3.8) is 0 Å². The zero-order valence-corrected chi connectivity index (χ0v) is 26.4. The van der Waals surface area contributed by atoms with Crippen molar-refractivity contribution in [1.82, 2.24) is 15.3 Å². The Morgan fingerprint density at radius 1 is 0.848 bits per heavy atom. The zero-order valence-electron chi connectivity index (χ0n) is 25.6. The van der Waals surface area contributed by atoms with E-state index in [1.165, 1.54) is 6.20 Å². The van der Waals surface area contributed by atoms with Crippen LogP contribution in [0.25, 0.3) is 22.2 Å². The van der Waals surface area contributed by atoms with Crippen molar-refractivity contribution in [2.45, 2.75) is 38.6 Å². The lowest BCUT2D eigenvalue weighted by atomic mass is 9.91. The largest absolute Gasteiger partial charge is 0.396 e. The highest BCUT2D eigenvalue weighted by Crippen LogP contribution is 2.42. The molecule has 8 nitrogen and oxygen atoms in total. The first-order valence-corrected chi connectivity index (χ1v) is 16.6. The highest BCUT2D eigenvalue weighted by atomic mass is 32.2. The molecule has 0 unspecified atom stereocenters. The van der Waals surface area contributed by atoms with E-state index in [0.717, 1.165) is 44.7 Å². The average molecular weight is 636 g/mol. The lowest BCUT2D eigenvalue weighted by Crippen LogP contribution is -2.38. The van der Waals surface area contributed by atoms with Crippen LogP contribution in [-0.2, 0) is 22.6 Å². The molecular weight excluding hydrogens is 598 g/mol. The van der Waals surface area contributed by atoms with Crippen LogP contribution in [0.5, 0.6) is 0 Å². The van der Waals surface area contributed by atoms with E-state index in [9.17, 15) is 15.0 Å². The fraction of sp³-hybridized carbons (Fsp3) is 0.270. The second-order valence-electron chi connectivity index (χ2n) is 11.4. The maximum absolute atomic E-state index is 12.8. The number of aliphatic hydroxyl groups is 2. The van der Waals surface area contributed by atoms with E-state index in [0.29, 0.717) is 17.8 Å². The summed E-state index contributed by atoms with van der Waals surface area (Å²) in [5, 5.41) is 21.8. The lowest BCUT2D eigenvalue weighted by molar-refractivity contribution is -0.268. The number of aromatic nitrogens is 2. The summed E-state index contributed by atoms with van der Waals surface area (Å²) in [6.07, 6.45) is 0.706. The van der Waals surface area contributed by atoms with Crippen molar-refractivity contribution in [2.24, 2.45) is 5.92 Å². The third-order valence-electron chi connectivity index (χ3n) is 8.22. The molecule has 2 heterocycles. The maximum Gasteiger partial charge on any atom is 0.271 e. The number of fused-ring (bicyclic) bond motifs is 1. The summed E-state index contributed by atoms with van der Waals surface area (Å²) in [4.78, 5) is 21.6. The highest BCUT2D eigenvalue weighted by molar-refractivity contribution is 7.99. The molecule has 0 bridgehead atoms. The minimum Gasteiger partial charge on any atom is -0.396 e. The molecule has 0 spiro atoms. The molecule has 1 aliphatic rings. The average Bonchev–Trinajstić information content (AvgIpc) is 3.11. The number of thioether (sulfide) groups is 1. The third kappa shape index (κ3) is 7.46. The van der Waals surface area contributed by atoms with Crippen molar-refractivity contribution >= 4 is 28.7 Å². The Kier molecular flexibility index (Phi) is 10.4. The topological polar surface area (TPSA) is 114 Å². The Morgan fingerprint density at radius 2 is 1.61 bits per heavy atom. The van der Waals surface area contributed by atoms with E-state index in [-0.39, 0.29) is 42.9 Å². The van der Waals surface area contributed by atoms with E-state index in [1.54, 1.807) is 11.8 Å². The molecule has 46 heavy (non-hydrogen) atoms. The standard InChI is InChI=1S/C37H37N3O5S/c1-24-34(23-46-18-17-41)44-37(45-35(24)28-11-9-25(22-42)10-12-28)29-15-13-27(14-16-29)30-6-4-5-26(19-30)20-39-36(43)33-21-38-31-7-2-3-8-32(31)40-33/h2-16,19,21,24,34-35,37,41-42H,17-18,20,22-23H2,1H3,(H,39,43)/t24-,34+,35+,37+/m1/s1. The molecule has 1 aliphatic heterocycles. The van der Waals surface area contributed by atoms with Gasteiger partial charge in [0, 0.05) is 29.5 Å². The van der Waals surface area contributed by atoms with Gasteiger partial charge in [0.15, 0.2) is 6.29 Å². The number of carbonyl (C=O) groups excluding carboxylic acids is 1. The van der Waals surface area contributed by atoms with Crippen molar-refractivity contribution in [2.75, 3.05) is 18.1 Å². The molecular formula is C37H37N3O5S. The second kappa shape index (κ2) is 15.0. The minimum atomic E-state index is -0.549. The van der Waals surface area contributed by atoms with Gasteiger partial charge in [-0.15, -0.1) is 0 Å². The number of amides is 1. The van der Waals surface area contributed by atoms with Crippen molar-refractivity contribution in [3.8, 4) is 11.1 Å². The Morgan fingerprint density at radius 3 is 2.37 bits per heavy atom. The van der Waals surface area contributed by atoms with Crippen LogP contribution in [0, 0.1) is 5.92 Å². The van der Waals surface area contributed by atoms with Gasteiger partial charge < -0.3 is 25.0 Å². The molecule has 3 N–H and O–H groups in total. The molecule has 6 rings (SSSR count). The summed E-state index contributed by atoms with van der Waals surface area (Å²) in [6.45, 7) is 2.63. The van der Waals surface area contributed by atoms with Gasteiger partial charge in [-0.05, 0) is 46.0 Å². The van der Waals surface area contributed by atoms with Crippen LogP contribution in [0.1, 0.15) is 52.1 Å². The van der Waals surface area contributed by atoms with Crippen LogP contribution in [0.2, 0.25) is 0 Å². The summed E-state index contributed by atoms with van der Waals surface area (Å²) in [6, 6.07) is 31.6. The normalized spacial score (nSPS) is 19.6. The smallest absolute Gasteiger partial charge is 0.271 e. The molecule has 236 valence electrons. The molecule has 5 aromatic rings. The minimum absolute atomic E-state index is 0.00206. The number of ether oxygens (including phenoxy) is 2. The highest BCUT2D eigenvalue weighted by Gasteiger charge is 2.38. The second-order valence-corrected chi connectivity index (χ2v) is 12.5. The first-order valence-electron chi connectivity index (χ1n) is 15.4. The Labute approximate surface area is 272 Å². The molecule has 4 atom stereocenters. The van der Waals surface area contributed by atoms with Crippen molar-refractivity contribution in [3.05, 3.63) is 131 Å². The van der Waals surface area contributed by atoms with Crippen molar-refractivity contribution in [1.29, 1.82) is 0 Å². The van der Waals surface area contributed by atoms with Crippen LogP contribution in [-0.4, -0.2) is 50.3 Å². The van der Waals surface area contributed by atoms with E-state index < -0.39 is 6.29 Å². The quantitative estimate of drug-likeness (QED) is 0.146. The first-order chi connectivity index (χ1) is 22.5. The number of para-hydroxylation sites is 2.